The van der Waals surface area contributed by atoms with Gasteiger partial charge in [-0.3, -0.25) is 0 Å². The maximum Gasteiger partial charge on any atom is 0.0340 e. The van der Waals surface area contributed by atoms with Gasteiger partial charge >= 0.3 is 0 Å². The lowest BCUT2D eigenvalue weighted by Gasteiger charge is -2.18. The molecule has 0 amide bonds. The Morgan fingerprint density at radius 3 is 2.18 bits per heavy atom. The van der Waals surface area contributed by atoms with Gasteiger partial charge in [-0.1, -0.05) is 46.8 Å². The van der Waals surface area contributed by atoms with Gasteiger partial charge in [0.1, 0.15) is 0 Å². The summed E-state index contributed by atoms with van der Waals surface area (Å²) in [7, 11) is 0. The van der Waals surface area contributed by atoms with Gasteiger partial charge in [0.15, 0.2) is 0 Å². The Hall–Kier alpha value is -0.980. The summed E-state index contributed by atoms with van der Waals surface area (Å²) >= 11 is 0. The van der Waals surface area contributed by atoms with Crippen LogP contribution in [0.4, 0.5) is 5.69 Å². The van der Waals surface area contributed by atoms with E-state index in [1.165, 1.54) is 24.1 Å². The Bertz CT molecular complexity index is 318. The van der Waals surface area contributed by atoms with E-state index in [0.717, 1.165) is 6.54 Å². The molecule has 17 heavy (non-hydrogen) atoms. The van der Waals surface area contributed by atoms with Crippen LogP contribution in [0.25, 0.3) is 0 Å². The normalized spacial score (nSPS) is 13.5. The van der Waals surface area contributed by atoms with Crippen LogP contribution in [0.2, 0.25) is 0 Å². The third kappa shape index (κ3) is 5.25. The van der Waals surface area contributed by atoms with Crippen molar-refractivity contribution in [2.75, 3.05) is 11.9 Å². The van der Waals surface area contributed by atoms with Crippen molar-refractivity contribution >= 4 is 5.69 Å². The van der Waals surface area contributed by atoms with Crippen molar-refractivity contribution in [3.8, 4) is 0 Å². The van der Waals surface area contributed by atoms with Crippen LogP contribution in [-0.2, 0) is 0 Å². The Morgan fingerprint density at radius 1 is 1.12 bits per heavy atom. The summed E-state index contributed by atoms with van der Waals surface area (Å²) in [5, 5.41) is 3.49. The molecule has 0 heterocycles. The lowest BCUT2D eigenvalue weighted by molar-refractivity contribution is 0.390. The van der Waals surface area contributed by atoms with Gasteiger partial charge in [-0.15, -0.1) is 0 Å². The van der Waals surface area contributed by atoms with Gasteiger partial charge in [0.2, 0.25) is 0 Å². The minimum atomic E-state index is 0.406. The second kappa shape index (κ2) is 6.09. The molecule has 0 aliphatic carbocycles. The highest BCUT2D eigenvalue weighted by atomic mass is 14.9. The van der Waals surface area contributed by atoms with Crippen molar-refractivity contribution in [3.05, 3.63) is 29.8 Å². The zero-order valence-electron chi connectivity index (χ0n) is 12.0. The number of anilines is 1. The van der Waals surface area contributed by atoms with Crippen molar-refractivity contribution in [1.82, 2.24) is 0 Å². The molecule has 0 saturated heterocycles. The molecule has 1 aromatic carbocycles. The Kier molecular flexibility index (Phi) is 5.04. The van der Waals surface area contributed by atoms with Crippen molar-refractivity contribution in [2.24, 2.45) is 5.41 Å². The number of nitrogens with one attached hydrogen (secondary N) is 1. The molecular formula is C16H27N. The summed E-state index contributed by atoms with van der Waals surface area (Å²) in [5.41, 5.74) is 3.08. The SMILES string of the molecule is CCC(C)c1ccc(NCCC(C)(C)C)cc1. The van der Waals surface area contributed by atoms with E-state index in [1.807, 2.05) is 0 Å². The van der Waals surface area contributed by atoms with Crippen LogP contribution in [0, 0.1) is 5.41 Å². The van der Waals surface area contributed by atoms with Crippen molar-refractivity contribution < 1.29 is 0 Å². The van der Waals surface area contributed by atoms with Crippen LogP contribution >= 0.6 is 0 Å². The highest BCUT2D eigenvalue weighted by Gasteiger charge is 2.09. The molecule has 1 N–H and O–H groups in total. The zero-order valence-corrected chi connectivity index (χ0v) is 12.0. The molecule has 0 fully saturated rings. The van der Waals surface area contributed by atoms with Gasteiger partial charge in [-0.25, -0.2) is 0 Å². The first kappa shape index (κ1) is 14.1. The summed E-state index contributed by atoms with van der Waals surface area (Å²) < 4.78 is 0. The molecule has 0 saturated carbocycles. The first-order chi connectivity index (χ1) is 7.92. The largest absolute Gasteiger partial charge is 0.385 e. The van der Waals surface area contributed by atoms with Crippen LogP contribution in [0.3, 0.4) is 0 Å². The molecular weight excluding hydrogens is 206 g/mol. The average Bonchev–Trinajstić information content (AvgIpc) is 2.27. The molecule has 1 aromatic rings. The summed E-state index contributed by atoms with van der Waals surface area (Å²) in [6, 6.07) is 8.88. The molecule has 0 aromatic heterocycles. The van der Waals surface area contributed by atoms with Crippen LogP contribution in [-0.4, -0.2) is 6.54 Å². The lowest BCUT2D eigenvalue weighted by Crippen LogP contribution is -2.12. The molecule has 0 bridgehead atoms. The molecule has 96 valence electrons. The Labute approximate surface area is 107 Å². The third-order valence-corrected chi connectivity index (χ3v) is 3.30. The molecule has 1 nitrogen and oxygen atoms in total. The maximum atomic E-state index is 3.49. The van der Waals surface area contributed by atoms with Crippen molar-refractivity contribution in [2.45, 2.75) is 53.4 Å². The predicted octanol–water partition coefficient (Wildman–Crippen LogP) is 5.05. The zero-order chi connectivity index (χ0) is 12.9. The molecule has 1 unspecified atom stereocenters. The third-order valence-electron chi connectivity index (χ3n) is 3.30. The minimum Gasteiger partial charge on any atom is -0.385 e. The fourth-order valence-electron chi connectivity index (χ4n) is 1.75. The lowest BCUT2D eigenvalue weighted by atomic mass is 9.92. The molecule has 0 spiro atoms. The maximum absolute atomic E-state index is 3.49. The van der Waals surface area contributed by atoms with E-state index in [1.54, 1.807) is 0 Å². The summed E-state index contributed by atoms with van der Waals surface area (Å²) in [6.07, 6.45) is 2.40. The van der Waals surface area contributed by atoms with E-state index in [0.29, 0.717) is 11.3 Å². The quantitative estimate of drug-likeness (QED) is 0.750. The van der Waals surface area contributed by atoms with Crippen LogP contribution < -0.4 is 5.32 Å². The predicted molar refractivity (Wildman–Crippen MR) is 77.7 cm³/mol. The van der Waals surface area contributed by atoms with Gasteiger partial charge in [-0.05, 0) is 41.9 Å². The monoisotopic (exact) mass is 233 g/mol. The number of hydrogen-bond acceptors (Lipinski definition) is 1. The molecule has 1 heteroatoms. The second-order valence-electron chi connectivity index (χ2n) is 6.17. The number of benzene rings is 1. The summed E-state index contributed by atoms with van der Waals surface area (Å²) in [5.74, 6) is 0.665. The van der Waals surface area contributed by atoms with E-state index >= 15 is 0 Å². The van der Waals surface area contributed by atoms with Gasteiger partial charge < -0.3 is 5.32 Å². The standard InChI is InChI=1S/C16H27N/c1-6-13(2)14-7-9-15(10-8-14)17-12-11-16(3,4)5/h7-10,13,17H,6,11-12H2,1-5H3. The van der Waals surface area contributed by atoms with Crippen LogP contribution in [0.15, 0.2) is 24.3 Å². The Morgan fingerprint density at radius 2 is 1.71 bits per heavy atom. The topological polar surface area (TPSA) is 12.0 Å². The highest BCUT2D eigenvalue weighted by Crippen LogP contribution is 2.21. The molecule has 0 aliphatic rings. The van der Waals surface area contributed by atoms with Crippen LogP contribution in [0.5, 0.6) is 0 Å². The molecule has 0 radical (unpaired) electrons. The fraction of sp³-hybridized carbons (Fsp3) is 0.625. The van der Waals surface area contributed by atoms with E-state index in [4.69, 9.17) is 0 Å². The van der Waals surface area contributed by atoms with Gasteiger partial charge in [-0.2, -0.15) is 0 Å². The summed E-state index contributed by atoms with van der Waals surface area (Å²) in [4.78, 5) is 0. The average molecular weight is 233 g/mol. The van der Waals surface area contributed by atoms with E-state index in [9.17, 15) is 0 Å². The number of rotatable bonds is 5. The molecule has 1 atom stereocenters. The van der Waals surface area contributed by atoms with Gasteiger partial charge in [0.05, 0.1) is 0 Å². The van der Waals surface area contributed by atoms with Crippen molar-refractivity contribution in [3.63, 3.8) is 0 Å². The van der Waals surface area contributed by atoms with Gasteiger partial charge in [0.25, 0.3) is 0 Å². The van der Waals surface area contributed by atoms with Crippen LogP contribution in [0.1, 0.15) is 58.9 Å². The smallest absolute Gasteiger partial charge is 0.0340 e. The molecule has 0 aliphatic heterocycles. The molecule has 1 rings (SSSR count). The highest BCUT2D eigenvalue weighted by molar-refractivity contribution is 5.45. The Balaban J connectivity index is 2.46. The first-order valence-electron chi connectivity index (χ1n) is 6.76. The summed E-state index contributed by atoms with van der Waals surface area (Å²) in [6.45, 7) is 12.4. The van der Waals surface area contributed by atoms with E-state index in [-0.39, 0.29) is 0 Å². The second-order valence-corrected chi connectivity index (χ2v) is 6.17. The van der Waals surface area contributed by atoms with E-state index < -0.39 is 0 Å². The van der Waals surface area contributed by atoms with E-state index in [2.05, 4.69) is 64.2 Å². The first-order valence-corrected chi connectivity index (χ1v) is 6.76. The fourth-order valence-corrected chi connectivity index (χ4v) is 1.75. The minimum absolute atomic E-state index is 0.406. The number of hydrogen-bond donors (Lipinski definition) is 1. The van der Waals surface area contributed by atoms with Gasteiger partial charge in [0, 0.05) is 12.2 Å². The van der Waals surface area contributed by atoms with Crippen molar-refractivity contribution in [1.29, 1.82) is 0 Å².